The summed E-state index contributed by atoms with van der Waals surface area (Å²) in [6.07, 6.45) is 1.27. The van der Waals surface area contributed by atoms with E-state index in [1.54, 1.807) is 12.1 Å². The second-order valence-electron chi connectivity index (χ2n) is 5.18. The topological polar surface area (TPSA) is 83.7 Å². The summed E-state index contributed by atoms with van der Waals surface area (Å²) < 4.78 is 0. The maximum Gasteiger partial charge on any atom is 0.306 e. The van der Waals surface area contributed by atoms with Crippen molar-refractivity contribution in [3.05, 3.63) is 39.9 Å². The van der Waals surface area contributed by atoms with Crippen molar-refractivity contribution in [1.82, 2.24) is 4.90 Å². The van der Waals surface area contributed by atoms with E-state index >= 15 is 0 Å². The molecule has 0 bridgehead atoms. The van der Waals surface area contributed by atoms with Gasteiger partial charge < -0.3 is 5.11 Å². The van der Waals surface area contributed by atoms with Gasteiger partial charge in [0.05, 0.1) is 10.8 Å². The largest absolute Gasteiger partial charge is 0.481 e. The molecule has 1 aromatic rings. The van der Waals surface area contributed by atoms with Crippen molar-refractivity contribution in [2.24, 2.45) is 5.92 Å². The fourth-order valence-electron chi connectivity index (χ4n) is 2.64. The molecule has 1 saturated heterocycles. The molecular formula is C14H19ClN2O4. The molecule has 1 aliphatic rings. The third-order valence-electron chi connectivity index (χ3n) is 3.99. The molecule has 7 heteroatoms. The van der Waals surface area contributed by atoms with Crippen molar-refractivity contribution in [3.8, 4) is 0 Å². The number of rotatable bonds is 4. The highest BCUT2D eigenvalue weighted by Gasteiger charge is 2.27. The molecule has 2 rings (SSSR count). The molecule has 116 valence electrons. The lowest BCUT2D eigenvalue weighted by Gasteiger charge is -2.34. The summed E-state index contributed by atoms with van der Waals surface area (Å²) in [5, 5.41) is 19.8. The zero-order valence-corrected chi connectivity index (χ0v) is 12.6. The molecule has 0 spiro atoms. The summed E-state index contributed by atoms with van der Waals surface area (Å²) in [4.78, 5) is 23.5. The van der Waals surface area contributed by atoms with Crippen LogP contribution in [0.3, 0.4) is 0 Å². The second kappa shape index (κ2) is 7.38. The van der Waals surface area contributed by atoms with E-state index in [2.05, 4.69) is 4.90 Å². The number of hydrogen-bond acceptors (Lipinski definition) is 4. The monoisotopic (exact) mass is 314 g/mol. The number of nitro groups is 1. The van der Waals surface area contributed by atoms with Crippen LogP contribution < -0.4 is 0 Å². The first-order chi connectivity index (χ1) is 9.49. The number of non-ortho nitro benzene ring substituents is 1. The van der Waals surface area contributed by atoms with E-state index in [0.29, 0.717) is 25.9 Å². The molecule has 1 atom stereocenters. The van der Waals surface area contributed by atoms with Gasteiger partial charge in [0.2, 0.25) is 0 Å². The maximum absolute atomic E-state index is 10.9. The zero-order valence-electron chi connectivity index (χ0n) is 11.8. The Bertz CT molecular complexity index is 515. The summed E-state index contributed by atoms with van der Waals surface area (Å²) >= 11 is 0. The van der Waals surface area contributed by atoms with Gasteiger partial charge in [0, 0.05) is 18.2 Å². The average molecular weight is 315 g/mol. The molecule has 1 aromatic carbocycles. The summed E-state index contributed by atoms with van der Waals surface area (Å²) in [5.41, 5.74) is 0.989. The minimum Gasteiger partial charge on any atom is -0.481 e. The summed E-state index contributed by atoms with van der Waals surface area (Å²) in [6.45, 7) is 3.42. The van der Waals surface area contributed by atoms with Crippen molar-refractivity contribution in [3.63, 3.8) is 0 Å². The smallest absolute Gasteiger partial charge is 0.306 e. The number of nitro benzene ring substituents is 1. The molecule has 1 aliphatic heterocycles. The molecule has 21 heavy (non-hydrogen) atoms. The Hall–Kier alpha value is -1.66. The lowest BCUT2D eigenvalue weighted by Crippen LogP contribution is -2.37. The predicted octanol–water partition coefficient (Wildman–Crippen LogP) is 2.87. The Balaban J connectivity index is 0.00000220. The minimum atomic E-state index is -0.729. The van der Waals surface area contributed by atoms with E-state index < -0.39 is 10.9 Å². The van der Waals surface area contributed by atoms with E-state index in [4.69, 9.17) is 5.11 Å². The third-order valence-corrected chi connectivity index (χ3v) is 3.99. The number of halogens is 1. The van der Waals surface area contributed by atoms with Crippen LogP contribution in [-0.2, 0) is 4.79 Å². The molecule has 1 fully saturated rings. The number of nitrogens with zero attached hydrogens (tertiary/aromatic N) is 2. The number of carboxylic acids is 1. The minimum absolute atomic E-state index is 0. The van der Waals surface area contributed by atoms with Crippen LogP contribution in [0.5, 0.6) is 0 Å². The molecular weight excluding hydrogens is 296 g/mol. The molecule has 0 saturated carbocycles. The van der Waals surface area contributed by atoms with Gasteiger partial charge in [0.1, 0.15) is 0 Å². The molecule has 6 nitrogen and oxygen atoms in total. The molecule has 1 N–H and O–H groups in total. The molecule has 1 heterocycles. The van der Waals surface area contributed by atoms with Gasteiger partial charge in [-0.3, -0.25) is 19.8 Å². The molecule has 0 aliphatic carbocycles. The van der Waals surface area contributed by atoms with Gasteiger partial charge in [-0.05, 0) is 38.4 Å². The Morgan fingerprint density at radius 3 is 2.57 bits per heavy atom. The molecule has 0 radical (unpaired) electrons. The first-order valence-corrected chi connectivity index (χ1v) is 6.70. The number of hydrogen-bond donors (Lipinski definition) is 1. The fraction of sp³-hybridized carbons (Fsp3) is 0.500. The SMILES string of the molecule is CC(c1cccc([N+](=O)[O-])c1)N1CCC(C(=O)O)CC1.Cl. The molecule has 0 amide bonds. The standard InChI is InChI=1S/C14H18N2O4.ClH/c1-10(12-3-2-4-13(9-12)16(19)20)15-7-5-11(6-8-15)14(17)18;/h2-4,9-11H,5-8H2,1H3,(H,17,18);1H. The second-order valence-corrected chi connectivity index (χ2v) is 5.18. The Morgan fingerprint density at radius 1 is 1.43 bits per heavy atom. The highest BCUT2D eigenvalue weighted by Crippen LogP contribution is 2.28. The van der Waals surface area contributed by atoms with Crippen molar-refractivity contribution < 1.29 is 14.8 Å². The molecule has 0 aromatic heterocycles. The van der Waals surface area contributed by atoms with Crippen LogP contribution in [0.2, 0.25) is 0 Å². The zero-order chi connectivity index (χ0) is 14.7. The van der Waals surface area contributed by atoms with Gasteiger partial charge in [0.15, 0.2) is 0 Å². The Morgan fingerprint density at radius 2 is 2.05 bits per heavy atom. The lowest BCUT2D eigenvalue weighted by atomic mass is 9.95. The van der Waals surface area contributed by atoms with E-state index in [-0.39, 0.29) is 30.1 Å². The van der Waals surface area contributed by atoms with Crippen molar-refractivity contribution >= 4 is 24.1 Å². The highest BCUT2D eigenvalue weighted by molar-refractivity contribution is 5.85. The predicted molar refractivity (Wildman–Crippen MR) is 80.7 cm³/mol. The van der Waals surface area contributed by atoms with E-state index in [1.165, 1.54) is 6.07 Å². The van der Waals surface area contributed by atoms with Gasteiger partial charge in [-0.1, -0.05) is 12.1 Å². The van der Waals surface area contributed by atoms with Crippen LogP contribution in [0.15, 0.2) is 24.3 Å². The van der Waals surface area contributed by atoms with Crippen LogP contribution in [0.25, 0.3) is 0 Å². The van der Waals surface area contributed by atoms with Gasteiger partial charge in [0.25, 0.3) is 5.69 Å². The number of likely N-dealkylation sites (tertiary alicyclic amines) is 1. The summed E-state index contributed by atoms with van der Waals surface area (Å²) in [5.74, 6) is -0.990. The van der Waals surface area contributed by atoms with Crippen molar-refractivity contribution in [2.75, 3.05) is 13.1 Å². The van der Waals surface area contributed by atoms with Gasteiger partial charge in [-0.25, -0.2) is 0 Å². The third kappa shape index (κ3) is 4.15. The lowest BCUT2D eigenvalue weighted by molar-refractivity contribution is -0.385. The number of carbonyl (C=O) groups is 1. The number of benzene rings is 1. The van der Waals surface area contributed by atoms with E-state index in [0.717, 1.165) is 5.56 Å². The van der Waals surface area contributed by atoms with Crippen LogP contribution in [0.4, 0.5) is 5.69 Å². The maximum atomic E-state index is 10.9. The van der Waals surface area contributed by atoms with Crippen LogP contribution >= 0.6 is 12.4 Å². The quantitative estimate of drug-likeness (QED) is 0.682. The summed E-state index contributed by atoms with van der Waals surface area (Å²) in [6, 6.07) is 6.69. The first-order valence-electron chi connectivity index (χ1n) is 6.70. The Labute approximate surface area is 129 Å². The van der Waals surface area contributed by atoms with Gasteiger partial charge in [-0.15, -0.1) is 12.4 Å². The fourth-order valence-corrected chi connectivity index (χ4v) is 2.64. The first kappa shape index (κ1) is 17.4. The number of carboxylic acid groups (broad SMARTS) is 1. The number of aliphatic carboxylic acids is 1. The molecule has 1 unspecified atom stereocenters. The average Bonchev–Trinajstić information content (AvgIpc) is 2.46. The van der Waals surface area contributed by atoms with Crippen LogP contribution in [0, 0.1) is 16.0 Å². The van der Waals surface area contributed by atoms with Crippen molar-refractivity contribution in [2.45, 2.75) is 25.8 Å². The number of piperidine rings is 1. The van der Waals surface area contributed by atoms with Gasteiger partial charge >= 0.3 is 5.97 Å². The van der Waals surface area contributed by atoms with Crippen LogP contribution in [0.1, 0.15) is 31.4 Å². The summed E-state index contributed by atoms with van der Waals surface area (Å²) in [7, 11) is 0. The normalized spacial score (nSPS) is 17.8. The van der Waals surface area contributed by atoms with Gasteiger partial charge in [-0.2, -0.15) is 0 Å². The highest BCUT2D eigenvalue weighted by atomic mass is 35.5. The van der Waals surface area contributed by atoms with Crippen LogP contribution in [-0.4, -0.2) is 34.0 Å². The van der Waals surface area contributed by atoms with Crippen molar-refractivity contribution in [1.29, 1.82) is 0 Å². The van der Waals surface area contributed by atoms with E-state index in [9.17, 15) is 14.9 Å². The van der Waals surface area contributed by atoms with E-state index in [1.807, 2.05) is 13.0 Å². The Kier molecular flexibility index (Phi) is 6.11.